The fourth-order valence-electron chi connectivity index (χ4n) is 1.85. The van der Waals surface area contributed by atoms with E-state index in [9.17, 15) is 9.90 Å². The summed E-state index contributed by atoms with van der Waals surface area (Å²) in [5.41, 5.74) is 1.16. The number of nitrogens with zero attached hydrogens (tertiary/aromatic N) is 2. The molecule has 0 radical (unpaired) electrons. The molecule has 0 atom stereocenters. The van der Waals surface area contributed by atoms with E-state index in [1.165, 1.54) is 11.6 Å². The monoisotopic (exact) mass is 424 g/mol. The van der Waals surface area contributed by atoms with Gasteiger partial charge in [0.1, 0.15) is 11.6 Å². The number of nitrogens with one attached hydrogen (secondary N) is 2. The minimum absolute atomic E-state index is 0. The maximum Gasteiger partial charge on any atom is 1.00 e. The number of halogens is 2. The number of allylic oxidation sites excluding steroid dienone is 1. The van der Waals surface area contributed by atoms with Crippen molar-refractivity contribution in [3.63, 3.8) is 0 Å². The van der Waals surface area contributed by atoms with E-state index in [0.29, 0.717) is 41.6 Å². The molecule has 0 bridgehead atoms. The van der Waals surface area contributed by atoms with E-state index < -0.39 is 0 Å². The topological polar surface area (TPSA) is 88.3 Å². The molecule has 3 N–H and O–H groups in total. The summed E-state index contributed by atoms with van der Waals surface area (Å²) in [6.07, 6.45) is 2.00. The van der Waals surface area contributed by atoms with Crippen LogP contribution in [0.1, 0.15) is 6.42 Å². The Morgan fingerprint density at radius 3 is 2.92 bits per heavy atom. The van der Waals surface area contributed by atoms with Crippen molar-refractivity contribution in [3.8, 4) is 0 Å². The second kappa shape index (κ2) is 11.6. The first-order valence-corrected chi connectivity index (χ1v) is 8.53. The van der Waals surface area contributed by atoms with E-state index in [1.54, 1.807) is 12.1 Å². The zero-order valence-electron chi connectivity index (χ0n) is 13.6. The van der Waals surface area contributed by atoms with Crippen LogP contribution in [0, 0.1) is 0 Å². The zero-order valence-corrected chi connectivity index (χ0v) is 19.0. The first kappa shape index (κ1) is 23.0. The molecule has 1 aromatic heterocycles. The SMILES string of the molecule is C=C(Cl)/C(O)=C\S[N-]C1=C(C(=O)Nc2ccc(Cl)cn2)CCNC1.[K+]. The van der Waals surface area contributed by atoms with Crippen LogP contribution in [0.4, 0.5) is 5.82 Å². The molecule has 1 aliphatic heterocycles. The van der Waals surface area contributed by atoms with E-state index in [0.717, 1.165) is 11.9 Å². The molecule has 0 fully saturated rings. The molecular formula is C15H15Cl2KN4O2S. The number of pyridine rings is 1. The number of rotatable bonds is 6. The fraction of sp³-hybridized carbons (Fsp3) is 0.200. The smallest absolute Gasteiger partial charge is 0.629 e. The van der Waals surface area contributed by atoms with Crippen LogP contribution in [0.3, 0.4) is 0 Å². The Balaban J connectivity index is 0.00000312. The van der Waals surface area contributed by atoms with Gasteiger partial charge in [-0.3, -0.25) is 4.79 Å². The van der Waals surface area contributed by atoms with Crippen molar-refractivity contribution in [1.29, 1.82) is 0 Å². The molecule has 1 aliphatic rings. The summed E-state index contributed by atoms with van der Waals surface area (Å²) in [4.78, 5) is 16.5. The first-order chi connectivity index (χ1) is 11.5. The summed E-state index contributed by atoms with van der Waals surface area (Å²) >= 11 is 12.3. The Bertz CT molecular complexity index is 695. The fourth-order valence-corrected chi connectivity index (χ4v) is 2.68. The molecule has 0 aliphatic carbocycles. The molecule has 1 aromatic rings. The van der Waals surface area contributed by atoms with Gasteiger partial charge in [-0.15, -0.1) is 5.70 Å². The molecule has 10 heteroatoms. The molecule has 0 saturated heterocycles. The van der Waals surface area contributed by atoms with Crippen LogP contribution in [0.2, 0.25) is 5.02 Å². The third-order valence-electron chi connectivity index (χ3n) is 3.04. The van der Waals surface area contributed by atoms with Gasteiger partial charge < -0.3 is 20.5 Å². The standard InChI is InChI=1S/C15H16Cl2N4O2S.K/c1-9(16)13(22)8-24-21-12-7-18-5-4-11(12)15(23)20-14-3-2-10(17)6-19-14;/h2-3,6,8,18H,1,4-5,7H2,(H3,19,20,21,22,23);/q;+1/p-1/b13-8+;. The van der Waals surface area contributed by atoms with E-state index in [2.05, 4.69) is 26.9 Å². The van der Waals surface area contributed by atoms with Gasteiger partial charge in [0, 0.05) is 18.3 Å². The van der Waals surface area contributed by atoms with Gasteiger partial charge in [-0.25, -0.2) is 16.9 Å². The van der Waals surface area contributed by atoms with Gasteiger partial charge in [-0.05, 0) is 30.5 Å². The molecule has 128 valence electrons. The largest absolute Gasteiger partial charge is 1.00 e. The maximum absolute atomic E-state index is 12.4. The maximum atomic E-state index is 12.4. The molecule has 1 amide bonds. The van der Waals surface area contributed by atoms with Crippen molar-refractivity contribution in [2.24, 2.45) is 0 Å². The number of aliphatic hydroxyl groups excluding tert-OH is 1. The Labute approximate surface area is 203 Å². The number of hydrogen-bond donors (Lipinski definition) is 3. The summed E-state index contributed by atoms with van der Waals surface area (Å²) in [6, 6.07) is 3.27. The number of aromatic nitrogens is 1. The Hall–Kier alpha value is -0.0336. The molecule has 25 heavy (non-hydrogen) atoms. The molecule has 0 unspecified atom stereocenters. The number of hydrogen-bond acceptors (Lipinski definition) is 5. The van der Waals surface area contributed by atoms with Crippen molar-refractivity contribution < 1.29 is 61.3 Å². The molecule has 6 nitrogen and oxygen atoms in total. The van der Waals surface area contributed by atoms with Gasteiger partial charge in [0.15, 0.2) is 0 Å². The minimum atomic E-state index is -0.263. The van der Waals surface area contributed by atoms with Gasteiger partial charge >= 0.3 is 51.4 Å². The Kier molecular flexibility index (Phi) is 10.7. The molecule has 0 aromatic carbocycles. The first-order valence-electron chi connectivity index (χ1n) is 6.94. The van der Waals surface area contributed by atoms with Crippen LogP contribution >= 0.6 is 35.1 Å². The number of aliphatic hydroxyl groups is 1. The van der Waals surface area contributed by atoms with Crippen molar-refractivity contribution in [1.82, 2.24) is 10.3 Å². The molecule has 0 spiro atoms. The minimum Gasteiger partial charge on any atom is -0.629 e. The number of amides is 1. The van der Waals surface area contributed by atoms with Gasteiger partial charge in [-0.2, -0.15) is 0 Å². The van der Waals surface area contributed by atoms with Crippen molar-refractivity contribution in [2.75, 3.05) is 18.4 Å². The van der Waals surface area contributed by atoms with Crippen LogP contribution in [0.25, 0.3) is 4.72 Å². The summed E-state index contributed by atoms with van der Waals surface area (Å²) < 4.78 is 4.26. The van der Waals surface area contributed by atoms with E-state index in [1.807, 2.05) is 0 Å². The van der Waals surface area contributed by atoms with Gasteiger partial charge in [0.25, 0.3) is 5.91 Å². The number of anilines is 1. The summed E-state index contributed by atoms with van der Waals surface area (Å²) in [7, 11) is 0. The third-order valence-corrected chi connectivity index (χ3v) is 4.11. The average Bonchev–Trinajstić information content (AvgIpc) is 2.57. The molecule has 0 saturated carbocycles. The van der Waals surface area contributed by atoms with Crippen LogP contribution in [-0.2, 0) is 4.79 Å². The van der Waals surface area contributed by atoms with Gasteiger partial charge in [0.2, 0.25) is 0 Å². The van der Waals surface area contributed by atoms with Crippen molar-refractivity contribution >= 4 is 46.9 Å². The quantitative estimate of drug-likeness (QED) is 0.275. The number of carbonyl (C=O) groups is 1. The summed E-state index contributed by atoms with van der Waals surface area (Å²) in [5, 5.41) is 17.2. The van der Waals surface area contributed by atoms with E-state index in [-0.39, 0.29) is 68.1 Å². The van der Waals surface area contributed by atoms with Crippen LogP contribution < -0.4 is 62.0 Å². The van der Waals surface area contributed by atoms with Crippen molar-refractivity contribution in [2.45, 2.75) is 6.42 Å². The van der Waals surface area contributed by atoms with E-state index in [4.69, 9.17) is 23.2 Å². The predicted octanol–water partition coefficient (Wildman–Crippen LogP) is 1.10. The second-order valence-electron chi connectivity index (χ2n) is 4.77. The third kappa shape index (κ3) is 7.62. The average molecular weight is 425 g/mol. The predicted molar refractivity (Wildman–Crippen MR) is 99.0 cm³/mol. The normalized spacial score (nSPS) is 14.6. The number of carbonyl (C=O) groups excluding carboxylic acids is 1. The van der Waals surface area contributed by atoms with Gasteiger partial charge in [-0.1, -0.05) is 29.8 Å². The Morgan fingerprint density at radius 2 is 2.28 bits per heavy atom. The van der Waals surface area contributed by atoms with Crippen molar-refractivity contribution in [3.05, 3.63) is 62.1 Å². The van der Waals surface area contributed by atoms with Crippen LogP contribution in [0.15, 0.2) is 52.4 Å². The molecule has 2 rings (SSSR count). The summed E-state index contributed by atoms with van der Waals surface area (Å²) in [5.74, 6) is -0.00908. The Morgan fingerprint density at radius 1 is 1.52 bits per heavy atom. The zero-order chi connectivity index (χ0) is 17.5. The second-order valence-corrected chi connectivity index (χ2v) is 6.29. The molecule has 2 heterocycles. The van der Waals surface area contributed by atoms with E-state index >= 15 is 0 Å². The summed E-state index contributed by atoms with van der Waals surface area (Å²) in [6.45, 7) is 4.54. The van der Waals surface area contributed by atoms with Gasteiger partial charge in [0.05, 0.1) is 10.1 Å². The molecular weight excluding hydrogens is 410 g/mol. The van der Waals surface area contributed by atoms with Crippen LogP contribution in [0.5, 0.6) is 0 Å². The van der Waals surface area contributed by atoms with Crippen LogP contribution in [-0.4, -0.2) is 29.1 Å².